The molecule has 0 aromatic heterocycles. The third kappa shape index (κ3) is 6.59. The quantitative estimate of drug-likeness (QED) is 0.687. The molecule has 7 nitrogen and oxygen atoms in total. The first-order chi connectivity index (χ1) is 13.2. The standard InChI is InChI=1S/C20H21ClN2O5/c1-12(19(25)23-17-8-6-16(7-9-17)22-14(3)24)28-20(26)13(2)27-18-10-4-15(21)5-11-18/h4-13H,1-3H3,(H,22,24)(H,23,25). The second-order valence-corrected chi connectivity index (χ2v) is 6.48. The molecular formula is C20H21ClN2O5. The zero-order chi connectivity index (χ0) is 20.7. The summed E-state index contributed by atoms with van der Waals surface area (Å²) in [7, 11) is 0. The number of rotatable bonds is 7. The molecule has 2 aromatic rings. The number of anilines is 2. The molecule has 2 atom stereocenters. The van der Waals surface area contributed by atoms with Crippen molar-refractivity contribution < 1.29 is 23.9 Å². The second-order valence-electron chi connectivity index (χ2n) is 6.04. The van der Waals surface area contributed by atoms with Crippen molar-refractivity contribution >= 4 is 40.8 Å². The Labute approximate surface area is 168 Å². The number of esters is 1. The Bertz CT molecular complexity index is 837. The maximum absolute atomic E-state index is 12.2. The van der Waals surface area contributed by atoms with Gasteiger partial charge in [0.15, 0.2) is 12.2 Å². The van der Waals surface area contributed by atoms with E-state index in [9.17, 15) is 14.4 Å². The van der Waals surface area contributed by atoms with Crippen molar-refractivity contribution in [1.82, 2.24) is 0 Å². The highest BCUT2D eigenvalue weighted by Gasteiger charge is 2.23. The number of halogens is 1. The first-order valence-electron chi connectivity index (χ1n) is 8.56. The van der Waals surface area contributed by atoms with Crippen LogP contribution in [0.1, 0.15) is 20.8 Å². The van der Waals surface area contributed by atoms with Gasteiger partial charge in [-0.3, -0.25) is 9.59 Å². The summed E-state index contributed by atoms with van der Waals surface area (Å²) in [6.45, 7) is 4.40. The topological polar surface area (TPSA) is 93.7 Å². The third-order valence-corrected chi connectivity index (χ3v) is 3.85. The number of nitrogens with one attached hydrogen (secondary N) is 2. The van der Waals surface area contributed by atoms with Crippen LogP contribution in [0, 0.1) is 0 Å². The average molecular weight is 405 g/mol. The Morgan fingerprint density at radius 3 is 1.93 bits per heavy atom. The van der Waals surface area contributed by atoms with Crippen LogP contribution in [-0.4, -0.2) is 30.0 Å². The smallest absolute Gasteiger partial charge is 0.347 e. The van der Waals surface area contributed by atoms with Gasteiger partial charge in [-0.05, 0) is 62.4 Å². The van der Waals surface area contributed by atoms with Crippen LogP contribution in [0.4, 0.5) is 11.4 Å². The van der Waals surface area contributed by atoms with Gasteiger partial charge >= 0.3 is 5.97 Å². The summed E-state index contributed by atoms with van der Waals surface area (Å²) in [5, 5.41) is 5.82. The zero-order valence-corrected chi connectivity index (χ0v) is 16.4. The Morgan fingerprint density at radius 1 is 0.857 bits per heavy atom. The molecule has 0 spiro atoms. The van der Waals surface area contributed by atoms with E-state index in [1.807, 2.05) is 0 Å². The first kappa shape index (κ1) is 21.2. The maximum atomic E-state index is 12.2. The number of amides is 2. The summed E-state index contributed by atoms with van der Waals surface area (Å²) in [6, 6.07) is 13.1. The van der Waals surface area contributed by atoms with Gasteiger partial charge in [0.2, 0.25) is 5.91 Å². The van der Waals surface area contributed by atoms with Gasteiger partial charge in [-0.25, -0.2) is 4.79 Å². The van der Waals surface area contributed by atoms with Gasteiger partial charge in [-0.15, -0.1) is 0 Å². The van der Waals surface area contributed by atoms with E-state index in [1.54, 1.807) is 48.5 Å². The largest absolute Gasteiger partial charge is 0.479 e. The van der Waals surface area contributed by atoms with E-state index in [0.29, 0.717) is 22.1 Å². The molecule has 2 rings (SSSR count). The van der Waals surface area contributed by atoms with Crippen LogP contribution in [0.5, 0.6) is 5.75 Å². The van der Waals surface area contributed by atoms with E-state index in [0.717, 1.165) is 0 Å². The first-order valence-corrected chi connectivity index (χ1v) is 8.93. The molecular weight excluding hydrogens is 384 g/mol. The van der Waals surface area contributed by atoms with Crippen LogP contribution in [-0.2, 0) is 19.1 Å². The normalized spacial score (nSPS) is 12.4. The molecule has 28 heavy (non-hydrogen) atoms. The number of carbonyl (C=O) groups excluding carboxylic acids is 3. The van der Waals surface area contributed by atoms with Crippen LogP contribution >= 0.6 is 11.6 Å². The molecule has 2 aromatic carbocycles. The fraction of sp³-hybridized carbons (Fsp3) is 0.250. The van der Waals surface area contributed by atoms with Gasteiger partial charge in [0.05, 0.1) is 0 Å². The van der Waals surface area contributed by atoms with Crippen molar-refractivity contribution in [3.63, 3.8) is 0 Å². The van der Waals surface area contributed by atoms with Crippen molar-refractivity contribution in [3.05, 3.63) is 53.6 Å². The fourth-order valence-electron chi connectivity index (χ4n) is 2.17. The minimum atomic E-state index is -1.02. The Morgan fingerprint density at radius 2 is 1.39 bits per heavy atom. The predicted octanol–water partition coefficient (Wildman–Crippen LogP) is 3.64. The lowest BCUT2D eigenvalue weighted by atomic mass is 10.2. The van der Waals surface area contributed by atoms with Crippen molar-refractivity contribution in [2.45, 2.75) is 33.0 Å². The number of ether oxygens (including phenoxy) is 2. The predicted molar refractivity (Wildman–Crippen MR) is 106 cm³/mol. The lowest BCUT2D eigenvalue weighted by Crippen LogP contribution is -2.35. The van der Waals surface area contributed by atoms with Gasteiger partial charge in [-0.2, -0.15) is 0 Å². The van der Waals surface area contributed by atoms with Crippen molar-refractivity contribution in [2.75, 3.05) is 10.6 Å². The molecule has 2 amide bonds. The van der Waals surface area contributed by atoms with Gasteiger partial charge in [-0.1, -0.05) is 11.6 Å². The molecule has 2 unspecified atom stereocenters. The summed E-state index contributed by atoms with van der Waals surface area (Å²) in [4.78, 5) is 35.4. The molecule has 0 saturated carbocycles. The average Bonchev–Trinajstić information content (AvgIpc) is 2.64. The van der Waals surface area contributed by atoms with Gasteiger partial charge < -0.3 is 20.1 Å². The van der Waals surface area contributed by atoms with Gasteiger partial charge in [0.25, 0.3) is 5.91 Å². The van der Waals surface area contributed by atoms with E-state index in [1.165, 1.54) is 20.8 Å². The zero-order valence-electron chi connectivity index (χ0n) is 15.7. The Kier molecular flexibility index (Phi) is 7.40. The van der Waals surface area contributed by atoms with Crippen LogP contribution in [0.25, 0.3) is 0 Å². The summed E-state index contributed by atoms with van der Waals surface area (Å²) in [6.07, 6.45) is -1.91. The molecule has 0 radical (unpaired) electrons. The van der Waals surface area contributed by atoms with E-state index >= 15 is 0 Å². The number of hydrogen-bond donors (Lipinski definition) is 2. The monoisotopic (exact) mass is 404 g/mol. The lowest BCUT2D eigenvalue weighted by molar-refractivity contribution is -0.159. The molecule has 0 fully saturated rings. The Hall–Kier alpha value is -3.06. The fourth-order valence-corrected chi connectivity index (χ4v) is 2.30. The highest BCUT2D eigenvalue weighted by molar-refractivity contribution is 6.30. The molecule has 2 N–H and O–H groups in total. The highest BCUT2D eigenvalue weighted by Crippen LogP contribution is 2.18. The van der Waals surface area contributed by atoms with Crippen molar-refractivity contribution in [2.24, 2.45) is 0 Å². The number of hydrogen-bond acceptors (Lipinski definition) is 5. The van der Waals surface area contributed by atoms with Crippen LogP contribution < -0.4 is 15.4 Å². The third-order valence-electron chi connectivity index (χ3n) is 3.59. The van der Waals surface area contributed by atoms with Gasteiger partial charge in [0.1, 0.15) is 5.75 Å². The minimum Gasteiger partial charge on any atom is -0.479 e. The lowest BCUT2D eigenvalue weighted by Gasteiger charge is -2.18. The molecule has 0 heterocycles. The molecule has 0 aliphatic carbocycles. The summed E-state index contributed by atoms with van der Waals surface area (Å²) < 4.78 is 10.6. The highest BCUT2D eigenvalue weighted by atomic mass is 35.5. The van der Waals surface area contributed by atoms with Crippen molar-refractivity contribution in [1.29, 1.82) is 0 Å². The molecule has 0 saturated heterocycles. The minimum absolute atomic E-state index is 0.188. The van der Waals surface area contributed by atoms with E-state index < -0.39 is 24.1 Å². The molecule has 148 valence electrons. The molecule has 0 bridgehead atoms. The van der Waals surface area contributed by atoms with Crippen LogP contribution in [0.2, 0.25) is 5.02 Å². The van der Waals surface area contributed by atoms with Crippen LogP contribution in [0.3, 0.4) is 0 Å². The SMILES string of the molecule is CC(=O)Nc1ccc(NC(=O)C(C)OC(=O)C(C)Oc2ccc(Cl)cc2)cc1. The summed E-state index contributed by atoms with van der Waals surface area (Å²) in [5.74, 6) is -0.879. The van der Waals surface area contributed by atoms with E-state index in [4.69, 9.17) is 21.1 Å². The maximum Gasteiger partial charge on any atom is 0.347 e. The number of carbonyl (C=O) groups is 3. The van der Waals surface area contributed by atoms with E-state index in [2.05, 4.69) is 10.6 Å². The summed E-state index contributed by atoms with van der Waals surface area (Å²) >= 11 is 5.80. The van der Waals surface area contributed by atoms with Gasteiger partial charge in [0, 0.05) is 23.3 Å². The van der Waals surface area contributed by atoms with Crippen molar-refractivity contribution in [3.8, 4) is 5.75 Å². The number of benzene rings is 2. The molecule has 0 aliphatic rings. The van der Waals surface area contributed by atoms with E-state index in [-0.39, 0.29) is 5.91 Å². The second kappa shape index (κ2) is 9.75. The molecule has 8 heteroatoms. The van der Waals surface area contributed by atoms with Crippen LogP contribution in [0.15, 0.2) is 48.5 Å². The Balaban J connectivity index is 1.85. The summed E-state index contributed by atoms with van der Waals surface area (Å²) in [5.41, 5.74) is 1.12. The molecule has 0 aliphatic heterocycles.